The number of hydrogen-bond donors (Lipinski definition) is 1. The molecule has 0 aliphatic carbocycles. The number of piperidine rings is 1. The Balaban J connectivity index is 2.20. The fourth-order valence-corrected chi connectivity index (χ4v) is 3.06. The monoisotopic (exact) mass is 354 g/mol. The highest BCUT2D eigenvalue weighted by molar-refractivity contribution is 6.32. The summed E-state index contributed by atoms with van der Waals surface area (Å²) in [5, 5.41) is 3.71. The van der Waals surface area contributed by atoms with Gasteiger partial charge in [0.1, 0.15) is 0 Å². The van der Waals surface area contributed by atoms with Crippen molar-refractivity contribution in [3.63, 3.8) is 0 Å². The van der Waals surface area contributed by atoms with E-state index in [1.807, 2.05) is 7.05 Å². The summed E-state index contributed by atoms with van der Waals surface area (Å²) in [6, 6.07) is 3.63. The van der Waals surface area contributed by atoms with E-state index in [1.165, 1.54) is 0 Å². The van der Waals surface area contributed by atoms with Gasteiger partial charge in [-0.15, -0.1) is 0 Å². The zero-order valence-electron chi connectivity index (χ0n) is 14.9. The van der Waals surface area contributed by atoms with Crippen LogP contribution in [-0.4, -0.2) is 50.7 Å². The molecule has 1 aromatic carbocycles. The lowest BCUT2D eigenvalue weighted by Crippen LogP contribution is -2.43. The number of rotatable bonds is 6. The van der Waals surface area contributed by atoms with Crippen LogP contribution in [0.1, 0.15) is 37.0 Å². The molecule has 6 heteroatoms. The van der Waals surface area contributed by atoms with Crippen molar-refractivity contribution < 1.29 is 14.3 Å². The molecule has 134 valence electrons. The van der Waals surface area contributed by atoms with Gasteiger partial charge in [-0.25, -0.2) is 0 Å². The van der Waals surface area contributed by atoms with Crippen LogP contribution >= 0.6 is 11.6 Å². The normalized spacial score (nSPS) is 15.4. The van der Waals surface area contributed by atoms with Crippen LogP contribution in [0.4, 0.5) is 0 Å². The topological polar surface area (TPSA) is 50.8 Å². The molecule has 1 amide bonds. The summed E-state index contributed by atoms with van der Waals surface area (Å²) in [7, 11) is 3.40. The van der Waals surface area contributed by atoms with E-state index in [0.29, 0.717) is 34.6 Å². The van der Waals surface area contributed by atoms with Gasteiger partial charge in [0, 0.05) is 18.7 Å². The molecule has 0 saturated carbocycles. The third-order valence-corrected chi connectivity index (χ3v) is 4.49. The quantitative estimate of drug-likeness (QED) is 0.852. The lowest BCUT2D eigenvalue weighted by Gasteiger charge is -2.31. The maximum Gasteiger partial charge on any atom is 0.254 e. The first-order valence-corrected chi connectivity index (χ1v) is 8.80. The molecule has 2 rings (SSSR count). The average Bonchev–Trinajstić information content (AvgIpc) is 2.59. The summed E-state index contributed by atoms with van der Waals surface area (Å²) in [6.45, 7) is 6.54. The van der Waals surface area contributed by atoms with Crippen molar-refractivity contribution in [2.45, 2.75) is 32.7 Å². The van der Waals surface area contributed by atoms with E-state index in [2.05, 4.69) is 19.2 Å². The van der Waals surface area contributed by atoms with E-state index in [4.69, 9.17) is 21.1 Å². The zero-order chi connectivity index (χ0) is 17.7. The highest BCUT2D eigenvalue weighted by atomic mass is 35.5. The summed E-state index contributed by atoms with van der Waals surface area (Å²) in [4.78, 5) is 14.6. The number of nitrogens with one attached hydrogen (secondary N) is 1. The van der Waals surface area contributed by atoms with Crippen LogP contribution in [0.25, 0.3) is 0 Å². The van der Waals surface area contributed by atoms with Crippen LogP contribution in [0.2, 0.25) is 5.02 Å². The third-order valence-electron chi connectivity index (χ3n) is 4.21. The molecule has 1 heterocycles. The maximum absolute atomic E-state index is 12.8. The van der Waals surface area contributed by atoms with Crippen molar-refractivity contribution in [1.82, 2.24) is 10.2 Å². The predicted molar refractivity (Wildman–Crippen MR) is 96.3 cm³/mol. The van der Waals surface area contributed by atoms with Gasteiger partial charge in [0.2, 0.25) is 0 Å². The number of ether oxygens (including phenoxy) is 2. The number of hydrogen-bond acceptors (Lipinski definition) is 4. The van der Waals surface area contributed by atoms with Gasteiger partial charge in [-0.05, 0) is 44.0 Å². The smallest absolute Gasteiger partial charge is 0.254 e. The van der Waals surface area contributed by atoms with Gasteiger partial charge in [-0.3, -0.25) is 4.79 Å². The summed E-state index contributed by atoms with van der Waals surface area (Å²) in [5.74, 6) is 1.31. The summed E-state index contributed by atoms with van der Waals surface area (Å²) < 4.78 is 11.1. The van der Waals surface area contributed by atoms with Crippen molar-refractivity contribution in [1.29, 1.82) is 0 Å². The van der Waals surface area contributed by atoms with E-state index in [-0.39, 0.29) is 11.9 Å². The second kappa shape index (κ2) is 8.58. The number of carbonyl (C=O) groups excluding carboxylic acids is 1. The first-order valence-electron chi connectivity index (χ1n) is 8.42. The largest absolute Gasteiger partial charge is 0.493 e. The average molecular weight is 355 g/mol. The molecule has 0 bridgehead atoms. The summed E-state index contributed by atoms with van der Waals surface area (Å²) in [6.07, 6.45) is 1.92. The molecule has 5 nitrogen and oxygen atoms in total. The molecule has 0 spiro atoms. The van der Waals surface area contributed by atoms with Gasteiger partial charge in [0.05, 0.1) is 18.7 Å². The molecule has 0 unspecified atom stereocenters. The van der Waals surface area contributed by atoms with Gasteiger partial charge in [-0.1, -0.05) is 25.4 Å². The number of nitrogens with zero attached hydrogens (tertiary/aromatic N) is 1. The van der Waals surface area contributed by atoms with Crippen LogP contribution in [0.15, 0.2) is 12.1 Å². The molecule has 0 radical (unpaired) electrons. The van der Waals surface area contributed by atoms with Crippen LogP contribution < -0.4 is 14.8 Å². The Hall–Kier alpha value is -1.46. The fraction of sp³-hybridized carbons (Fsp3) is 0.611. The predicted octanol–water partition coefficient (Wildman–Crippen LogP) is 3.21. The minimum Gasteiger partial charge on any atom is -0.493 e. The molecule has 1 fully saturated rings. The maximum atomic E-state index is 12.8. The van der Waals surface area contributed by atoms with E-state index >= 15 is 0 Å². The van der Waals surface area contributed by atoms with Crippen LogP contribution in [0, 0.1) is 5.92 Å². The van der Waals surface area contributed by atoms with Crippen molar-refractivity contribution >= 4 is 17.5 Å². The first-order chi connectivity index (χ1) is 11.4. The van der Waals surface area contributed by atoms with Crippen LogP contribution in [0.5, 0.6) is 11.5 Å². The molecule has 1 N–H and O–H groups in total. The Morgan fingerprint density at radius 2 is 2.04 bits per heavy atom. The molecule has 24 heavy (non-hydrogen) atoms. The molecule has 1 aliphatic rings. The van der Waals surface area contributed by atoms with Crippen LogP contribution in [-0.2, 0) is 0 Å². The molecule has 1 aromatic rings. The number of halogens is 1. The van der Waals surface area contributed by atoms with Crippen molar-refractivity contribution in [2.75, 3.05) is 33.9 Å². The Morgan fingerprint density at radius 3 is 2.62 bits per heavy atom. The van der Waals surface area contributed by atoms with Crippen molar-refractivity contribution in [2.24, 2.45) is 5.92 Å². The van der Waals surface area contributed by atoms with E-state index < -0.39 is 0 Å². The van der Waals surface area contributed by atoms with Gasteiger partial charge in [0.15, 0.2) is 11.5 Å². The zero-order valence-corrected chi connectivity index (χ0v) is 15.7. The Morgan fingerprint density at radius 1 is 1.38 bits per heavy atom. The van der Waals surface area contributed by atoms with E-state index in [9.17, 15) is 4.79 Å². The molecule has 0 atom stereocenters. The SMILES string of the molecule is COc1cc(C(=O)N(C)C2CCNCC2)cc(Cl)c1OCC(C)C. The van der Waals surface area contributed by atoms with Crippen molar-refractivity contribution in [3.05, 3.63) is 22.7 Å². The number of methoxy groups -OCH3 is 1. The Labute approximate surface area is 149 Å². The standard InChI is InChI=1S/C18H27ClN2O3/c1-12(2)11-24-17-15(19)9-13(10-16(17)23-4)18(22)21(3)14-5-7-20-8-6-14/h9-10,12,14,20H,5-8,11H2,1-4H3. The molecular weight excluding hydrogens is 328 g/mol. The minimum absolute atomic E-state index is 0.0440. The molecule has 1 aliphatic heterocycles. The first kappa shape index (κ1) is 18.9. The molecule has 0 aromatic heterocycles. The highest BCUT2D eigenvalue weighted by Crippen LogP contribution is 2.37. The van der Waals surface area contributed by atoms with Gasteiger partial charge >= 0.3 is 0 Å². The van der Waals surface area contributed by atoms with E-state index in [1.54, 1.807) is 24.1 Å². The number of amides is 1. The lowest BCUT2D eigenvalue weighted by molar-refractivity contribution is 0.0702. The van der Waals surface area contributed by atoms with Gasteiger partial charge < -0.3 is 19.7 Å². The summed E-state index contributed by atoms with van der Waals surface area (Å²) >= 11 is 6.35. The van der Waals surface area contributed by atoms with Gasteiger partial charge in [0.25, 0.3) is 5.91 Å². The summed E-state index contributed by atoms with van der Waals surface area (Å²) in [5.41, 5.74) is 0.523. The fourth-order valence-electron chi connectivity index (χ4n) is 2.80. The molecule has 1 saturated heterocycles. The third kappa shape index (κ3) is 4.54. The van der Waals surface area contributed by atoms with Gasteiger partial charge in [-0.2, -0.15) is 0 Å². The second-order valence-electron chi connectivity index (χ2n) is 6.59. The Kier molecular flexibility index (Phi) is 6.75. The highest BCUT2D eigenvalue weighted by Gasteiger charge is 2.24. The van der Waals surface area contributed by atoms with Crippen LogP contribution in [0.3, 0.4) is 0 Å². The minimum atomic E-state index is -0.0440. The second-order valence-corrected chi connectivity index (χ2v) is 7.00. The number of carbonyl (C=O) groups is 1. The molecular formula is C18H27ClN2O3. The Bertz CT molecular complexity index is 572. The lowest BCUT2D eigenvalue weighted by atomic mass is 10.0. The van der Waals surface area contributed by atoms with E-state index in [0.717, 1.165) is 25.9 Å². The van der Waals surface area contributed by atoms with Crippen molar-refractivity contribution in [3.8, 4) is 11.5 Å². The number of benzene rings is 1.